The molecule has 0 aliphatic carbocycles. The van der Waals surface area contributed by atoms with Gasteiger partial charge in [0, 0.05) is 42.7 Å². The van der Waals surface area contributed by atoms with E-state index in [-0.39, 0.29) is 10.6 Å². The van der Waals surface area contributed by atoms with Gasteiger partial charge >= 0.3 is 0 Å². The molecule has 3 heterocycles. The van der Waals surface area contributed by atoms with E-state index in [0.717, 1.165) is 42.2 Å². The second-order valence-electron chi connectivity index (χ2n) is 7.38. The van der Waals surface area contributed by atoms with Crippen molar-refractivity contribution in [1.82, 2.24) is 14.3 Å². The number of piperidine rings is 1. The number of likely N-dealkylation sites (tertiary alicyclic amines) is 1. The van der Waals surface area contributed by atoms with Gasteiger partial charge in [0.15, 0.2) is 0 Å². The Morgan fingerprint density at radius 3 is 2.74 bits per heavy atom. The number of nitrogens with zero attached hydrogens (tertiary/aromatic N) is 4. The van der Waals surface area contributed by atoms with Crippen LogP contribution in [0.4, 0.5) is 11.4 Å². The smallest absolute Gasteiger partial charge is 0.269 e. The maximum Gasteiger partial charge on any atom is 0.269 e. The largest absolute Gasteiger partial charge is 0.398 e. The zero-order valence-corrected chi connectivity index (χ0v) is 15.3. The number of anilines is 1. The summed E-state index contributed by atoms with van der Waals surface area (Å²) in [5.41, 5.74) is 10.4. The highest BCUT2D eigenvalue weighted by molar-refractivity contribution is 5.68. The van der Waals surface area contributed by atoms with Crippen molar-refractivity contribution in [1.29, 1.82) is 0 Å². The number of hydrogen-bond donors (Lipinski definition) is 1. The molecule has 1 aliphatic heterocycles. The van der Waals surface area contributed by atoms with Crippen LogP contribution in [0.1, 0.15) is 25.5 Å². The zero-order chi connectivity index (χ0) is 19.0. The number of fused-ring (bicyclic) bond motifs is 1. The summed E-state index contributed by atoms with van der Waals surface area (Å²) in [7, 11) is 0. The minimum atomic E-state index is -0.385. The molecule has 2 aromatic heterocycles. The molecule has 1 aliphatic rings. The molecule has 7 nitrogen and oxygen atoms in total. The highest BCUT2D eigenvalue weighted by Gasteiger charge is 2.21. The van der Waals surface area contributed by atoms with Crippen molar-refractivity contribution >= 4 is 17.0 Å². The molecule has 1 aromatic carbocycles. The fourth-order valence-corrected chi connectivity index (χ4v) is 3.88. The molecule has 0 saturated carbocycles. The summed E-state index contributed by atoms with van der Waals surface area (Å²) in [4.78, 5) is 17.8. The van der Waals surface area contributed by atoms with Crippen LogP contribution >= 0.6 is 0 Å². The number of rotatable bonds is 4. The van der Waals surface area contributed by atoms with Gasteiger partial charge in [-0.25, -0.2) is 4.98 Å². The quantitative estimate of drug-likeness (QED) is 0.562. The molecular weight excluding hydrogens is 342 g/mol. The number of hydrogen-bond acceptors (Lipinski definition) is 5. The average Bonchev–Trinajstić information content (AvgIpc) is 2.99. The van der Waals surface area contributed by atoms with E-state index >= 15 is 0 Å². The molecule has 1 fully saturated rings. The van der Waals surface area contributed by atoms with Crippen LogP contribution in [-0.4, -0.2) is 32.3 Å². The maximum absolute atomic E-state index is 11.0. The van der Waals surface area contributed by atoms with E-state index < -0.39 is 0 Å². The zero-order valence-electron chi connectivity index (χ0n) is 15.3. The van der Waals surface area contributed by atoms with E-state index in [1.807, 2.05) is 22.7 Å². The van der Waals surface area contributed by atoms with Crippen LogP contribution in [0.5, 0.6) is 0 Å². The lowest BCUT2D eigenvalue weighted by molar-refractivity contribution is -0.384. The van der Waals surface area contributed by atoms with Crippen LogP contribution in [-0.2, 0) is 6.54 Å². The predicted octanol–water partition coefficient (Wildman–Crippen LogP) is 3.72. The molecule has 0 spiro atoms. The first kappa shape index (κ1) is 17.5. The molecule has 0 bridgehead atoms. The molecule has 27 heavy (non-hydrogen) atoms. The van der Waals surface area contributed by atoms with Crippen molar-refractivity contribution in [3.63, 3.8) is 0 Å². The second kappa shape index (κ2) is 7.00. The van der Waals surface area contributed by atoms with Crippen molar-refractivity contribution in [3.8, 4) is 11.3 Å². The second-order valence-corrected chi connectivity index (χ2v) is 7.38. The van der Waals surface area contributed by atoms with Crippen LogP contribution in [0.2, 0.25) is 0 Å². The summed E-state index contributed by atoms with van der Waals surface area (Å²) in [5, 5.41) is 11.0. The highest BCUT2D eigenvalue weighted by Crippen LogP contribution is 2.29. The molecule has 3 aromatic rings. The summed E-state index contributed by atoms with van der Waals surface area (Å²) in [6, 6.07) is 10.3. The van der Waals surface area contributed by atoms with Gasteiger partial charge in [-0.05, 0) is 49.6 Å². The maximum atomic E-state index is 11.0. The van der Waals surface area contributed by atoms with E-state index in [0.29, 0.717) is 11.6 Å². The summed E-state index contributed by atoms with van der Waals surface area (Å²) in [6.07, 6.45) is 4.37. The Balaban J connectivity index is 1.78. The fourth-order valence-electron chi connectivity index (χ4n) is 3.88. The Labute approximate surface area is 157 Å². The van der Waals surface area contributed by atoms with Crippen LogP contribution in [0.3, 0.4) is 0 Å². The van der Waals surface area contributed by atoms with Gasteiger partial charge in [-0.3, -0.25) is 15.0 Å². The van der Waals surface area contributed by atoms with Gasteiger partial charge in [-0.1, -0.05) is 6.92 Å². The van der Waals surface area contributed by atoms with E-state index in [2.05, 4.69) is 11.8 Å². The molecule has 0 radical (unpaired) electrons. The fraction of sp³-hybridized carbons (Fsp3) is 0.350. The van der Waals surface area contributed by atoms with Gasteiger partial charge in [0.2, 0.25) is 0 Å². The number of benzene rings is 1. The SMILES string of the molecule is CC1CCCN(Cc2c(-c3ccc([N+](=O)[O-])cc3)nc3ccc(N)cn23)C1. The molecule has 2 N–H and O–H groups in total. The van der Waals surface area contributed by atoms with Crippen molar-refractivity contribution in [2.45, 2.75) is 26.3 Å². The lowest BCUT2D eigenvalue weighted by atomic mass is 10.00. The lowest BCUT2D eigenvalue weighted by Crippen LogP contribution is -2.34. The number of nitro benzene ring substituents is 1. The highest BCUT2D eigenvalue weighted by atomic mass is 16.6. The van der Waals surface area contributed by atoms with Gasteiger partial charge in [0.25, 0.3) is 5.69 Å². The normalized spacial score (nSPS) is 18.0. The summed E-state index contributed by atoms with van der Waals surface area (Å²) >= 11 is 0. The first-order valence-corrected chi connectivity index (χ1v) is 9.25. The molecule has 140 valence electrons. The summed E-state index contributed by atoms with van der Waals surface area (Å²) < 4.78 is 2.05. The van der Waals surface area contributed by atoms with E-state index in [9.17, 15) is 10.1 Å². The first-order chi connectivity index (χ1) is 13.0. The van der Waals surface area contributed by atoms with E-state index in [4.69, 9.17) is 10.7 Å². The molecule has 7 heteroatoms. The summed E-state index contributed by atoms with van der Waals surface area (Å²) in [6.45, 7) is 5.20. The predicted molar refractivity (Wildman–Crippen MR) is 105 cm³/mol. The van der Waals surface area contributed by atoms with Crippen LogP contribution in [0.25, 0.3) is 16.9 Å². The van der Waals surface area contributed by atoms with Gasteiger partial charge in [0.05, 0.1) is 16.3 Å². The Morgan fingerprint density at radius 2 is 2.04 bits per heavy atom. The molecule has 4 rings (SSSR count). The Kier molecular flexibility index (Phi) is 4.53. The molecule has 0 amide bonds. The number of pyridine rings is 1. The third kappa shape index (κ3) is 3.50. The van der Waals surface area contributed by atoms with Crippen molar-refractivity contribution in [3.05, 3.63) is 58.4 Å². The van der Waals surface area contributed by atoms with Gasteiger partial charge in [-0.15, -0.1) is 0 Å². The topological polar surface area (TPSA) is 89.7 Å². The van der Waals surface area contributed by atoms with Crippen LogP contribution in [0, 0.1) is 16.0 Å². The summed E-state index contributed by atoms with van der Waals surface area (Å²) in [5.74, 6) is 0.686. The standard InChI is InChI=1S/C20H23N5O2/c1-14-3-2-10-23(11-14)13-18-20(15-4-7-17(8-5-15)25(26)27)22-19-9-6-16(21)12-24(18)19/h4-9,12,14H,2-3,10-11,13,21H2,1H3. The van der Waals surface area contributed by atoms with E-state index in [1.165, 1.54) is 25.0 Å². The Hall–Kier alpha value is -2.93. The van der Waals surface area contributed by atoms with Crippen LogP contribution in [0.15, 0.2) is 42.6 Å². The van der Waals surface area contributed by atoms with Crippen molar-refractivity contribution in [2.24, 2.45) is 5.92 Å². The minimum absolute atomic E-state index is 0.0816. The number of non-ortho nitro benzene ring substituents is 1. The molecule has 1 saturated heterocycles. The lowest BCUT2D eigenvalue weighted by Gasteiger charge is -2.30. The van der Waals surface area contributed by atoms with Crippen molar-refractivity contribution < 1.29 is 4.92 Å². The molecule has 1 atom stereocenters. The number of nitro groups is 1. The third-order valence-corrected chi connectivity index (χ3v) is 5.21. The van der Waals surface area contributed by atoms with Gasteiger partial charge in [-0.2, -0.15) is 0 Å². The molecule has 1 unspecified atom stereocenters. The Morgan fingerprint density at radius 1 is 1.26 bits per heavy atom. The third-order valence-electron chi connectivity index (χ3n) is 5.21. The van der Waals surface area contributed by atoms with Gasteiger partial charge < -0.3 is 10.1 Å². The van der Waals surface area contributed by atoms with E-state index in [1.54, 1.807) is 12.1 Å². The monoisotopic (exact) mass is 365 g/mol. The number of aromatic nitrogens is 2. The average molecular weight is 365 g/mol. The number of nitrogens with two attached hydrogens (primary N) is 1. The Bertz CT molecular complexity index is 980. The molecular formula is C20H23N5O2. The number of nitrogen functional groups attached to an aromatic ring is 1. The van der Waals surface area contributed by atoms with Crippen molar-refractivity contribution in [2.75, 3.05) is 18.8 Å². The van der Waals surface area contributed by atoms with Gasteiger partial charge in [0.1, 0.15) is 5.65 Å². The minimum Gasteiger partial charge on any atom is -0.398 e. The first-order valence-electron chi connectivity index (χ1n) is 9.25. The van der Waals surface area contributed by atoms with Crippen LogP contribution < -0.4 is 5.73 Å². The number of imidazole rings is 1.